The van der Waals surface area contributed by atoms with Crippen molar-refractivity contribution in [2.24, 2.45) is 11.1 Å². The Morgan fingerprint density at radius 2 is 2.12 bits per heavy atom. The van der Waals surface area contributed by atoms with E-state index in [-0.39, 0.29) is 5.41 Å². The number of hydrogen-bond donors (Lipinski definition) is 2. The van der Waals surface area contributed by atoms with Gasteiger partial charge in [0.25, 0.3) is 0 Å². The maximum absolute atomic E-state index is 5.75. The third-order valence-corrected chi connectivity index (χ3v) is 3.84. The second-order valence-corrected chi connectivity index (χ2v) is 6.19. The van der Waals surface area contributed by atoms with E-state index in [0.29, 0.717) is 4.99 Å². The summed E-state index contributed by atoms with van der Waals surface area (Å²) in [6.07, 6.45) is 1.12. The van der Waals surface area contributed by atoms with Crippen LogP contribution >= 0.6 is 28.1 Å². The van der Waals surface area contributed by atoms with E-state index in [4.69, 9.17) is 18.0 Å². The number of nitrogens with two attached hydrogens (primary N) is 1. The molecule has 0 spiro atoms. The first-order valence-electron chi connectivity index (χ1n) is 5.69. The number of benzene rings is 1. The number of anilines is 1. The summed E-state index contributed by atoms with van der Waals surface area (Å²) in [6, 6.07) is 5.93. The topological polar surface area (TPSA) is 38.0 Å². The lowest BCUT2D eigenvalue weighted by atomic mass is 9.90. The highest BCUT2D eigenvalue weighted by Gasteiger charge is 2.16. The van der Waals surface area contributed by atoms with Crippen LogP contribution in [-0.2, 0) is 0 Å². The monoisotopic (exact) mass is 314 g/mol. The highest BCUT2D eigenvalue weighted by Crippen LogP contribution is 2.27. The van der Waals surface area contributed by atoms with Crippen LogP contribution in [0.2, 0.25) is 0 Å². The summed E-state index contributed by atoms with van der Waals surface area (Å²) in [5.41, 5.74) is 7.89. The molecule has 2 nitrogen and oxygen atoms in total. The number of thiocarbonyl (C=S) groups is 1. The van der Waals surface area contributed by atoms with E-state index < -0.39 is 0 Å². The van der Waals surface area contributed by atoms with Crippen LogP contribution in [0.15, 0.2) is 22.7 Å². The molecule has 0 saturated heterocycles. The van der Waals surface area contributed by atoms with Gasteiger partial charge in [0.2, 0.25) is 0 Å². The van der Waals surface area contributed by atoms with Gasteiger partial charge in [0.05, 0.1) is 0 Å². The Kier molecular flexibility index (Phi) is 4.95. The van der Waals surface area contributed by atoms with Crippen LogP contribution in [0.4, 0.5) is 5.69 Å². The molecule has 0 aromatic heterocycles. The Morgan fingerprint density at radius 1 is 1.47 bits per heavy atom. The summed E-state index contributed by atoms with van der Waals surface area (Å²) in [5.74, 6) is 0. The van der Waals surface area contributed by atoms with Gasteiger partial charge in [0.1, 0.15) is 4.99 Å². The number of nitrogens with one attached hydrogen (secondary N) is 1. The fourth-order valence-corrected chi connectivity index (χ4v) is 2.31. The molecule has 0 saturated carbocycles. The lowest BCUT2D eigenvalue weighted by molar-refractivity contribution is 0.377. The van der Waals surface area contributed by atoms with Gasteiger partial charge in [-0.3, -0.25) is 0 Å². The Balaban J connectivity index is 2.92. The fraction of sp³-hybridized carbons (Fsp3) is 0.462. The van der Waals surface area contributed by atoms with Crippen molar-refractivity contribution in [2.75, 3.05) is 11.9 Å². The summed E-state index contributed by atoms with van der Waals surface area (Å²) in [4.78, 5) is 0.411. The number of halogens is 1. The highest BCUT2D eigenvalue weighted by atomic mass is 79.9. The van der Waals surface area contributed by atoms with Crippen molar-refractivity contribution in [3.05, 3.63) is 28.2 Å². The first-order chi connectivity index (χ1) is 7.87. The van der Waals surface area contributed by atoms with Crippen LogP contribution in [0.3, 0.4) is 0 Å². The molecule has 94 valence electrons. The zero-order valence-corrected chi connectivity index (χ0v) is 12.9. The molecule has 1 rings (SSSR count). The first kappa shape index (κ1) is 14.5. The van der Waals surface area contributed by atoms with Crippen molar-refractivity contribution in [3.63, 3.8) is 0 Å². The molecule has 0 aliphatic rings. The van der Waals surface area contributed by atoms with E-state index in [2.05, 4.69) is 42.0 Å². The van der Waals surface area contributed by atoms with Crippen LogP contribution in [0, 0.1) is 5.41 Å². The molecule has 4 heteroatoms. The summed E-state index contributed by atoms with van der Waals surface area (Å²) in [5, 5.41) is 3.43. The largest absolute Gasteiger partial charge is 0.389 e. The van der Waals surface area contributed by atoms with Gasteiger partial charge in [-0.25, -0.2) is 0 Å². The zero-order valence-electron chi connectivity index (χ0n) is 10.5. The molecule has 0 atom stereocenters. The average Bonchev–Trinajstić information content (AvgIpc) is 2.26. The van der Waals surface area contributed by atoms with Crippen LogP contribution in [-0.4, -0.2) is 11.5 Å². The average molecular weight is 315 g/mol. The first-order valence-corrected chi connectivity index (χ1v) is 6.89. The van der Waals surface area contributed by atoms with E-state index in [0.717, 1.165) is 28.7 Å². The quantitative estimate of drug-likeness (QED) is 0.809. The SMILES string of the molecule is CCC(C)(C)CNc1cccc(Br)c1C(N)=S. The standard InChI is InChI=1S/C13H19BrN2S/c1-4-13(2,3)8-16-10-7-5-6-9(14)11(10)12(15)17/h5-7,16H,4,8H2,1-3H3,(H2,15,17). The van der Waals surface area contributed by atoms with Crippen LogP contribution in [0.25, 0.3) is 0 Å². The molecule has 0 aliphatic heterocycles. The van der Waals surface area contributed by atoms with Gasteiger partial charge < -0.3 is 11.1 Å². The molecule has 1 aromatic rings. The fourth-order valence-electron chi connectivity index (χ4n) is 1.38. The van der Waals surface area contributed by atoms with Gasteiger partial charge in [0, 0.05) is 22.3 Å². The summed E-state index contributed by atoms with van der Waals surface area (Å²) in [6.45, 7) is 7.56. The second kappa shape index (κ2) is 5.83. The summed E-state index contributed by atoms with van der Waals surface area (Å²) in [7, 11) is 0. The molecule has 0 bridgehead atoms. The maximum atomic E-state index is 5.75. The third kappa shape index (κ3) is 3.96. The normalized spacial score (nSPS) is 11.3. The smallest absolute Gasteiger partial charge is 0.107 e. The molecule has 0 amide bonds. The van der Waals surface area contributed by atoms with E-state index in [9.17, 15) is 0 Å². The van der Waals surface area contributed by atoms with Crippen LogP contribution in [0.5, 0.6) is 0 Å². The minimum atomic E-state index is 0.260. The van der Waals surface area contributed by atoms with E-state index >= 15 is 0 Å². The predicted octanol–water partition coefficient (Wildman–Crippen LogP) is 3.93. The molecule has 1 aromatic carbocycles. The minimum absolute atomic E-state index is 0.260. The van der Waals surface area contributed by atoms with E-state index in [1.807, 2.05) is 18.2 Å². The Hall–Kier alpha value is -0.610. The summed E-state index contributed by atoms with van der Waals surface area (Å²) >= 11 is 8.56. The van der Waals surface area contributed by atoms with Crippen molar-refractivity contribution in [1.29, 1.82) is 0 Å². The molecular formula is C13H19BrN2S. The third-order valence-electron chi connectivity index (χ3n) is 2.97. The zero-order chi connectivity index (χ0) is 13.1. The van der Waals surface area contributed by atoms with Crippen LogP contribution in [0.1, 0.15) is 32.8 Å². The molecular weight excluding hydrogens is 296 g/mol. The highest BCUT2D eigenvalue weighted by molar-refractivity contribution is 9.10. The molecule has 0 aliphatic carbocycles. The number of rotatable bonds is 5. The van der Waals surface area contributed by atoms with Crippen molar-refractivity contribution >= 4 is 38.8 Å². The molecule has 0 unspecified atom stereocenters. The molecule has 17 heavy (non-hydrogen) atoms. The van der Waals surface area contributed by atoms with Crippen molar-refractivity contribution in [1.82, 2.24) is 0 Å². The Bertz CT molecular complexity index is 416. The number of hydrogen-bond acceptors (Lipinski definition) is 2. The van der Waals surface area contributed by atoms with Gasteiger partial charge in [-0.2, -0.15) is 0 Å². The van der Waals surface area contributed by atoms with Crippen LogP contribution < -0.4 is 11.1 Å². The van der Waals surface area contributed by atoms with Crippen molar-refractivity contribution in [2.45, 2.75) is 27.2 Å². The minimum Gasteiger partial charge on any atom is -0.389 e. The molecule has 0 radical (unpaired) electrons. The van der Waals surface area contributed by atoms with Gasteiger partial charge in [-0.15, -0.1) is 0 Å². The second-order valence-electron chi connectivity index (χ2n) is 4.90. The summed E-state index contributed by atoms with van der Waals surface area (Å²) < 4.78 is 0.935. The predicted molar refractivity (Wildman–Crippen MR) is 82.6 cm³/mol. The maximum Gasteiger partial charge on any atom is 0.107 e. The van der Waals surface area contributed by atoms with Gasteiger partial charge in [-0.05, 0) is 39.9 Å². The van der Waals surface area contributed by atoms with E-state index in [1.165, 1.54) is 0 Å². The molecule has 0 fully saturated rings. The Morgan fingerprint density at radius 3 is 2.65 bits per heavy atom. The molecule has 0 heterocycles. The molecule has 3 N–H and O–H groups in total. The Labute approximate surface area is 117 Å². The van der Waals surface area contributed by atoms with Gasteiger partial charge >= 0.3 is 0 Å². The lowest BCUT2D eigenvalue weighted by Gasteiger charge is -2.24. The van der Waals surface area contributed by atoms with Crippen molar-refractivity contribution < 1.29 is 0 Å². The lowest BCUT2D eigenvalue weighted by Crippen LogP contribution is -2.23. The van der Waals surface area contributed by atoms with Crippen molar-refractivity contribution in [3.8, 4) is 0 Å². The van der Waals surface area contributed by atoms with Gasteiger partial charge in [-0.1, -0.05) is 39.1 Å². The van der Waals surface area contributed by atoms with Gasteiger partial charge in [0.15, 0.2) is 0 Å². The van der Waals surface area contributed by atoms with E-state index in [1.54, 1.807) is 0 Å².